The van der Waals surface area contributed by atoms with E-state index in [-0.39, 0.29) is 35.5 Å². The molecule has 26 heavy (non-hydrogen) atoms. The second kappa shape index (κ2) is 7.39. The van der Waals surface area contributed by atoms with E-state index in [2.05, 4.69) is 43.2 Å². The summed E-state index contributed by atoms with van der Waals surface area (Å²) in [5.41, 5.74) is 2.26. The van der Waals surface area contributed by atoms with Crippen molar-refractivity contribution in [2.24, 2.45) is 23.2 Å². The van der Waals surface area contributed by atoms with Crippen molar-refractivity contribution in [2.45, 2.75) is 46.8 Å². The van der Waals surface area contributed by atoms with Crippen molar-refractivity contribution >= 4 is 6.09 Å². The first-order valence-electron chi connectivity index (χ1n) is 9.48. The van der Waals surface area contributed by atoms with Gasteiger partial charge in [0.05, 0.1) is 12.7 Å². The fraction of sp³-hybridized carbons (Fsp3) is 0.619. The molecule has 5 atom stereocenters. The van der Waals surface area contributed by atoms with E-state index in [1.807, 2.05) is 26.1 Å². The molecule has 2 heterocycles. The lowest BCUT2D eigenvalue weighted by molar-refractivity contribution is -0.165. The zero-order valence-electron chi connectivity index (χ0n) is 16.4. The van der Waals surface area contributed by atoms with E-state index < -0.39 is 0 Å². The van der Waals surface area contributed by atoms with E-state index in [1.54, 1.807) is 6.20 Å². The molecule has 0 unspecified atom stereocenters. The highest BCUT2D eigenvalue weighted by molar-refractivity contribution is 5.67. The quantitative estimate of drug-likeness (QED) is 0.823. The van der Waals surface area contributed by atoms with Gasteiger partial charge in [0, 0.05) is 29.8 Å². The highest BCUT2D eigenvalue weighted by atomic mass is 16.6. The van der Waals surface area contributed by atoms with E-state index in [4.69, 9.17) is 9.47 Å². The molecule has 1 aromatic heterocycles. The van der Waals surface area contributed by atoms with Crippen molar-refractivity contribution in [1.82, 2.24) is 10.3 Å². The van der Waals surface area contributed by atoms with Gasteiger partial charge >= 0.3 is 6.09 Å². The molecule has 0 saturated carbocycles. The van der Waals surface area contributed by atoms with Crippen LogP contribution in [-0.4, -0.2) is 30.3 Å². The molecule has 142 valence electrons. The van der Waals surface area contributed by atoms with Gasteiger partial charge in [0.2, 0.25) is 0 Å². The van der Waals surface area contributed by atoms with Gasteiger partial charge in [-0.2, -0.15) is 0 Å². The van der Waals surface area contributed by atoms with Crippen molar-refractivity contribution in [2.75, 3.05) is 13.2 Å². The van der Waals surface area contributed by atoms with Crippen LogP contribution in [0.4, 0.5) is 4.79 Å². The van der Waals surface area contributed by atoms with E-state index in [1.165, 1.54) is 5.57 Å². The highest BCUT2D eigenvalue weighted by Crippen LogP contribution is 2.56. The molecule has 0 spiro atoms. The number of nitrogens with zero attached hydrogens (tertiary/aromatic N) is 1. The number of hydrogen-bond donors (Lipinski definition) is 1. The molecule has 1 fully saturated rings. The lowest BCUT2D eigenvalue weighted by atomic mass is 9.56. The number of carbonyl (C=O) groups is 1. The molecule has 1 amide bonds. The van der Waals surface area contributed by atoms with Crippen LogP contribution in [-0.2, 0) is 9.47 Å². The van der Waals surface area contributed by atoms with Crippen LogP contribution in [0.1, 0.15) is 46.3 Å². The summed E-state index contributed by atoms with van der Waals surface area (Å²) in [5.74, 6) is 0.893. The summed E-state index contributed by atoms with van der Waals surface area (Å²) in [6.07, 6.45) is 5.65. The largest absolute Gasteiger partial charge is 0.449 e. The summed E-state index contributed by atoms with van der Waals surface area (Å²) in [5, 5.41) is 2.80. The Bertz CT molecular complexity index is 673. The Balaban J connectivity index is 1.84. The topological polar surface area (TPSA) is 60.5 Å². The van der Waals surface area contributed by atoms with Crippen LogP contribution in [0.5, 0.6) is 0 Å². The third kappa shape index (κ3) is 3.37. The molecule has 0 radical (unpaired) electrons. The third-order valence-corrected chi connectivity index (χ3v) is 6.14. The van der Waals surface area contributed by atoms with Crippen molar-refractivity contribution in [3.05, 3.63) is 41.7 Å². The second-order valence-corrected chi connectivity index (χ2v) is 8.14. The summed E-state index contributed by atoms with van der Waals surface area (Å²) in [7, 11) is 0. The van der Waals surface area contributed by atoms with Crippen LogP contribution in [0, 0.1) is 23.2 Å². The number of amides is 1. The molecule has 3 rings (SSSR count). The first-order chi connectivity index (χ1) is 12.3. The fourth-order valence-corrected chi connectivity index (χ4v) is 4.58. The van der Waals surface area contributed by atoms with Gasteiger partial charge < -0.3 is 14.8 Å². The Hall–Kier alpha value is -1.88. The zero-order chi connectivity index (χ0) is 18.9. The SMILES string of the molecule is CC1=C[C@@H](C)[C@@]2(COC(=O)NC(C)C)CO[C@H](c3cccnc3)[C@@H]1[C@@H]2C. The van der Waals surface area contributed by atoms with Crippen molar-refractivity contribution in [1.29, 1.82) is 0 Å². The van der Waals surface area contributed by atoms with Crippen LogP contribution < -0.4 is 5.32 Å². The monoisotopic (exact) mass is 358 g/mol. The molecule has 1 N–H and O–H groups in total. The molecular formula is C21H30N2O3. The number of carbonyl (C=O) groups excluding carboxylic acids is 1. The van der Waals surface area contributed by atoms with Gasteiger partial charge in [-0.1, -0.05) is 31.6 Å². The van der Waals surface area contributed by atoms with Crippen LogP contribution in [0.15, 0.2) is 36.2 Å². The molecule has 2 aliphatic rings. The van der Waals surface area contributed by atoms with Gasteiger partial charge in [0.25, 0.3) is 0 Å². The average molecular weight is 358 g/mol. The van der Waals surface area contributed by atoms with Crippen molar-refractivity contribution in [3.8, 4) is 0 Å². The fourth-order valence-electron chi connectivity index (χ4n) is 4.58. The van der Waals surface area contributed by atoms with Crippen molar-refractivity contribution in [3.63, 3.8) is 0 Å². The Kier molecular flexibility index (Phi) is 5.37. The van der Waals surface area contributed by atoms with Gasteiger partial charge in [-0.3, -0.25) is 4.98 Å². The van der Waals surface area contributed by atoms with E-state index in [9.17, 15) is 4.79 Å². The van der Waals surface area contributed by atoms with Gasteiger partial charge in [0.1, 0.15) is 6.61 Å². The summed E-state index contributed by atoms with van der Waals surface area (Å²) in [6, 6.07) is 4.10. The first-order valence-corrected chi connectivity index (χ1v) is 9.48. The summed E-state index contributed by atoms with van der Waals surface area (Å²) in [4.78, 5) is 16.3. The number of alkyl carbamates (subject to hydrolysis) is 1. The second-order valence-electron chi connectivity index (χ2n) is 8.14. The maximum atomic E-state index is 12.0. The number of rotatable bonds is 4. The number of fused-ring (bicyclic) bond motifs is 2. The minimum atomic E-state index is -0.356. The van der Waals surface area contributed by atoms with Crippen LogP contribution in [0.3, 0.4) is 0 Å². The molecule has 1 aromatic rings. The normalized spacial score (nSPS) is 33.5. The lowest BCUT2D eigenvalue weighted by Gasteiger charge is -2.55. The molecular weight excluding hydrogens is 328 g/mol. The van der Waals surface area contributed by atoms with Gasteiger partial charge in [0.15, 0.2) is 0 Å². The Morgan fingerprint density at radius 1 is 1.46 bits per heavy atom. The Morgan fingerprint density at radius 3 is 2.88 bits per heavy atom. The molecule has 5 heteroatoms. The predicted octanol–water partition coefficient (Wildman–Crippen LogP) is 4.12. The van der Waals surface area contributed by atoms with Gasteiger partial charge in [-0.25, -0.2) is 4.79 Å². The maximum absolute atomic E-state index is 12.0. The number of ether oxygens (including phenoxy) is 2. The lowest BCUT2D eigenvalue weighted by Crippen LogP contribution is -2.55. The number of aromatic nitrogens is 1. The average Bonchev–Trinajstić information content (AvgIpc) is 2.59. The smallest absolute Gasteiger partial charge is 0.407 e. The molecule has 1 aliphatic carbocycles. The predicted molar refractivity (Wildman–Crippen MR) is 101 cm³/mol. The van der Waals surface area contributed by atoms with Crippen LogP contribution in [0.2, 0.25) is 0 Å². The molecule has 5 nitrogen and oxygen atoms in total. The minimum Gasteiger partial charge on any atom is -0.449 e. The maximum Gasteiger partial charge on any atom is 0.407 e. The Morgan fingerprint density at radius 2 is 2.23 bits per heavy atom. The summed E-state index contributed by atoms with van der Waals surface area (Å²) >= 11 is 0. The minimum absolute atomic E-state index is 0.0000607. The van der Waals surface area contributed by atoms with E-state index in [0.29, 0.717) is 19.1 Å². The van der Waals surface area contributed by atoms with E-state index in [0.717, 1.165) is 5.56 Å². The van der Waals surface area contributed by atoms with Gasteiger partial charge in [-0.15, -0.1) is 0 Å². The third-order valence-electron chi connectivity index (χ3n) is 6.14. The number of allylic oxidation sites excluding steroid dienone is 1. The highest BCUT2D eigenvalue weighted by Gasteiger charge is 2.54. The first kappa shape index (κ1) is 18.9. The molecule has 2 bridgehead atoms. The van der Waals surface area contributed by atoms with Gasteiger partial charge in [-0.05, 0) is 44.2 Å². The molecule has 0 aromatic carbocycles. The number of nitrogens with one attached hydrogen (secondary N) is 1. The molecule has 1 aliphatic heterocycles. The number of hydrogen-bond acceptors (Lipinski definition) is 4. The van der Waals surface area contributed by atoms with Crippen LogP contribution >= 0.6 is 0 Å². The summed E-state index contributed by atoms with van der Waals surface area (Å²) < 4.78 is 12.0. The summed E-state index contributed by atoms with van der Waals surface area (Å²) in [6.45, 7) is 11.5. The standard InChI is InChI=1S/C21H30N2O3/c1-13(2)23-20(24)26-12-21-11-25-19(17-7-6-8-22-10-17)18(16(21)5)14(3)9-15(21)4/h6-10,13,15-16,18-19H,11-12H2,1-5H3,(H,23,24)/t15-,16+,18+,19-,21+/m1/s1. The van der Waals surface area contributed by atoms with Crippen molar-refractivity contribution < 1.29 is 14.3 Å². The number of pyridine rings is 1. The molecule has 1 saturated heterocycles. The van der Waals surface area contributed by atoms with E-state index >= 15 is 0 Å². The van der Waals surface area contributed by atoms with Crippen LogP contribution in [0.25, 0.3) is 0 Å². The Labute approximate surface area is 156 Å². The zero-order valence-corrected chi connectivity index (χ0v) is 16.4.